The van der Waals surface area contributed by atoms with Crippen LogP contribution in [0.5, 0.6) is 0 Å². The van der Waals surface area contributed by atoms with Crippen LogP contribution in [0.4, 0.5) is 0 Å². The molecular weight excluding hydrogens is 733 g/mol. The average Bonchev–Trinajstić information content (AvgIpc) is 3.23. The van der Waals surface area contributed by atoms with Crippen molar-refractivity contribution in [2.75, 3.05) is 13.2 Å². The first-order valence-electron chi connectivity index (χ1n) is 24.4. The molecule has 1 unspecified atom stereocenters. The molecule has 0 heterocycles. The molecule has 0 N–H and O–H groups in total. The number of allylic oxidation sites excluding steroid dienone is 12. The van der Waals surface area contributed by atoms with Crippen molar-refractivity contribution in [1.29, 1.82) is 0 Å². The summed E-state index contributed by atoms with van der Waals surface area (Å²) in [5.74, 6) is -1.00. The fourth-order valence-electron chi connectivity index (χ4n) is 6.54. The van der Waals surface area contributed by atoms with Crippen molar-refractivity contribution in [3.05, 3.63) is 72.9 Å². The summed E-state index contributed by atoms with van der Waals surface area (Å²) >= 11 is 0. The number of carbonyl (C=O) groups is 3. The molecule has 0 aromatic carbocycles. The molecule has 0 aliphatic heterocycles. The maximum absolute atomic E-state index is 12.7. The molecule has 0 amide bonds. The number of hydrogen-bond acceptors (Lipinski definition) is 6. The summed E-state index contributed by atoms with van der Waals surface area (Å²) in [4.78, 5) is 37.8. The molecule has 59 heavy (non-hydrogen) atoms. The van der Waals surface area contributed by atoms with E-state index in [4.69, 9.17) is 14.2 Å². The van der Waals surface area contributed by atoms with Gasteiger partial charge in [-0.1, -0.05) is 203 Å². The van der Waals surface area contributed by atoms with Gasteiger partial charge in [0.1, 0.15) is 13.2 Å². The average molecular weight is 823 g/mol. The monoisotopic (exact) mass is 823 g/mol. The van der Waals surface area contributed by atoms with Crippen molar-refractivity contribution in [2.24, 2.45) is 0 Å². The van der Waals surface area contributed by atoms with Crippen molar-refractivity contribution < 1.29 is 28.6 Å². The van der Waals surface area contributed by atoms with Gasteiger partial charge in [0.2, 0.25) is 0 Å². The van der Waals surface area contributed by atoms with Crippen molar-refractivity contribution in [3.8, 4) is 0 Å². The SMILES string of the molecule is CC/C=C\C/C=C\C/C=C\C/C=C\C/C=C\CCC(=O)OCC(COC(=O)CCCCCCCCCCC)OC(=O)CCCCCCC/C=C\CCCCCCCCC. The summed E-state index contributed by atoms with van der Waals surface area (Å²) in [6.45, 7) is 6.42. The fraction of sp³-hybridized carbons (Fsp3) is 0.717. The van der Waals surface area contributed by atoms with E-state index in [-0.39, 0.29) is 37.5 Å². The molecule has 6 heteroatoms. The van der Waals surface area contributed by atoms with Crippen molar-refractivity contribution in [1.82, 2.24) is 0 Å². The zero-order chi connectivity index (χ0) is 43.0. The molecule has 0 bridgehead atoms. The summed E-state index contributed by atoms with van der Waals surface area (Å²) in [5.41, 5.74) is 0. The third-order valence-electron chi connectivity index (χ3n) is 10.2. The second-order valence-corrected chi connectivity index (χ2v) is 16.0. The first-order chi connectivity index (χ1) is 29.0. The van der Waals surface area contributed by atoms with Gasteiger partial charge in [0.15, 0.2) is 6.10 Å². The highest BCUT2D eigenvalue weighted by Crippen LogP contribution is 2.13. The third-order valence-corrected chi connectivity index (χ3v) is 10.2. The van der Waals surface area contributed by atoms with E-state index >= 15 is 0 Å². The zero-order valence-corrected chi connectivity index (χ0v) is 38.5. The lowest BCUT2D eigenvalue weighted by molar-refractivity contribution is -0.166. The molecule has 0 aliphatic carbocycles. The van der Waals surface area contributed by atoms with Crippen LogP contribution in [0, 0.1) is 0 Å². The molecule has 0 rings (SSSR count). The molecule has 1 atom stereocenters. The van der Waals surface area contributed by atoms with Crippen LogP contribution in [-0.4, -0.2) is 37.2 Å². The smallest absolute Gasteiger partial charge is 0.306 e. The van der Waals surface area contributed by atoms with E-state index in [1.807, 2.05) is 12.2 Å². The number of ether oxygens (including phenoxy) is 3. The Bertz CT molecular complexity index is 1130. The van der Waals surface area contributed by atoms with Gasteiger partial charge in [-0.15, -0.1) is 0 Å². The highest BCUT2D eigenvalue weighted by Gasteiger charge is 2.19. The summed E-state index contributed by atoms with van der Waals surface area (Å²) in [5, 5.41) is 0. The molecule has 0 spiro atoms. The first kappa shape index (κ1) is 55.9. The molecule has 0 saturated heterocycles. The number of hydrogen-bond donors (Lipinski definition) is 0. The van der Waals surface area contributed by atoms with Gasteiger partial charge in [0.05, 0.1) is 0 Å². The van der Waals surface area contributed by atoms with Crippen molar-refractivity contribution >= 4 is 17.9 Å². The lowest BCUT2D eigenvalue weighted by Gasteiger charge is -2.18. The van der Waals surface area contributed by atoms with Gasteiger partial charge in [0, 0.05) is 19.3 Å². The fourth-order valence-corrected chi connectivity index (χ4v) is 6.54. The Morgan fingerprint density at radius 2 is 0.695 bits per heavy atom. The molecule has 6 nitrogen and oxygen atoms in total. The minimum Gasteiger partial charge on any atom is -0.462 e. The topological polar surface area (TPSA) is 78.9 Å². The van der Waals surface area contributed by atoms with E-state index in [0.717, 1.165) is 83.5 Å². The number of esters is 3. The normalized spacial score (nSPS) is 12.7. The van der Waals surface area contributed by atoms with Crippen LogP contribution < -0.4 is 0 Å². The number of unbranched alkanes of at least 4 members (excludes halogenated alkanes) is 20. The van der Waals surface area contributed by atoms with E-state index in [9.17, 15) is 14.4 Å². The van der Waals surface area contributed by atoms with E-state index in [1.165, 1.54) is 96.3 Å². The maximum atomic E-state index is 12.7. The van der Waals surface area contributed by atoms with Crippen LogP contribution >= 0.6 is 0 Å². The summed E-state index contributed by atoms with van der Waals surface area (Å²) < 4.78 is 16.7. The largest absolute Gasteiger partial charge is 0.462 e. The summed E-state index contributed by atoms with van der Waals surface area (Å²) in [6.07, 6.45) is 59.0. The van der Waals surface area contributed by atoms with E-state index in [0.29, 0.717) is 19.3 Å². The molecule has 0 saturated carbocycles. The van der Waals surface area contributed by atoms with Gasteiger partial charge < -0.3 is 14.2 Å². The molecule has 0 radical (unpaired) electrons. The first-order valence-corrected chi connectivity index (χ1v) is 24.4. The van der Waals surface area contributed by atoms with Crippen LogP contribution in [0.25, 0.3) is 0 Å². The Kier molecular flexibility index (Phi) is 45.0. The molecular formula is C53H90O6. The molecule has 0 aromatic rings. The van der Waals surface area contributed by atoms with Gasteiger partial charge >= 0.3 is 17.9 Å². The molecule has 0 aromatic heterocycles. The van der Waals surface area contributed by atoms with Crippen LogP contribution in [0.1, 0.15) is 226 Å². The quantitative estimate of drug-likeness (QED) is 0.0264. The molecule has 338 valence electrons. The van der Waals surface area contributed by atoms with E-state index in [2.05, 4.69) is 81.5 Å². The second-order valence-electron chi connectivity index (χ2n) is 16.0. The van der Waals surface area contributed by atoms with Gasteiger partial charge in [-0.2, -0.15) is 0 Å². The van der Waals surface area contributed by atoms with Crippen LogP contribution in [0.15, 0.2) is 72.9 Å². The van der Waals surface area contributed by atoms with Gasteiger partial charge in [0.25, 0.3) is 0 Å². The van der Waals surface area contributed by atoms with E-state index in [1.54, 1.807) is 0 Å². The highest BCUT2D eigenvalue weighted by atomic mass is 16.6. The Morgan fingerprint density at radius 3 is 1.14 bits per heavy atom. The van der Waals surface area contributed by atoms with Gasteiger partial charge in [-0.25, -0.2) is 0 Å². The summed E-state index contributed by atoms with van der Waals surface area (Å²) in [6, 6.07) is 0. The minimum atomic E-state index is -0.805. The standard InChI is InChI=1S/C53H90O6/c1-4-7-10-13-16-19-21-23-25-27-29-31-34-37-40-43-46-52(55)58-49-50(48-57-51(54)45-42-39-36-33-18-15-12-9-6-3)59-53(56)47-44-41-38-35-32-30-28-26-24-22-20-17-14-11-8-5-2/h7,10,16,19,23,25-26,28-29,31,37,40,50H,4-6,8-9,11-15,17-18,20-22,24,27,30,32-36,38-39,41-49H2,1-3H3/b10-7-,19-16-,25-23-,28-26-,31-29-,40-37-. The Balaban J connectivity index is 4.46. The predicted molar refractivity (Wildman–Crippen MR) is 251 cm³/mol. The lowest BCUT2D eigenvalue weighted by Crippen LogP contribution is -2.30. The van der Waals surface area contributed by atoms with Gasteiger partial charge in [-0.05, 0) is 77.0 Å². The number of carbonyl (C=O) groups excluding carboxylic acids is 3. The minimum absolute atomic E-state index is 0.101. The van der Waals surface area contributed by atoms with Crippen LogP contribution in [-0.2, 0) is 28.6 Å². The Morgan fingerprint density at radius 1 is 0.356 bits per heavy atom. The van der Waals surface area contributed by atoms with Crippen LogP contribution in [0.3, 0.4) is 0 Å². The highest BCUT2D eigenvalue weighted by molar-refractivity contribution is 5.71. The predicted octanol–water partition coefficient (Wildman–Crippen LogP) is 15.9. The van der Waals surface area contributed by atoms with E-state index < -0.39 is 6.10 Å². The third kappa shape index (κ3) is 45.8. The Hall–Kier alpha value is -3.15. The molecule has 0 fully saturated rings. The Labute approximate surface area is 363 Å². The van der Waals surface area contributed by atoms with Gasteiger partial charge in [-0.3, -0.25) is 14.4 Å². The van der Waals surface area contributed by atoms with Crippen LogP contribution in [0.2, 0.25) is 0 Å². The zero-order valence-electron chi connectivity index (χ0n) is 38.5. The second kappa shape index (κ2) is 47.5. The lowest BCUT2D eigenvalue weighted by atomic mass is 10.1. The van der Waals surface area contributed by atoms with Crippen molar-refractivity contribution in [3.63, 3.8) is 0 Å². The maximum Gasteiger partial charge on any atom is 0.306 e. The number of rotatable bonds is 43. The van der Waals surface area contributed by atoms with Crippen molar-refractivity contribution in [2.45, 2.75) is 232 Å². The summed E-state index contributed by atoms with van der Waals surface area (Å²) in [7, 11) is 0. The molecule has 0 aliphatic rings.